The second-order valence-corrected chi connectivity index (χ2v) is 4.13. The van der Waals surface area contributed by atoms with Crippen molar-refractivity contribution in [2.75, 3.05) is 13.1 Å². The van der Waals surface area contributed by atoms with E-state index in [1.807, 2.05) is 18.7 Å². The number of rotatable bonds is 4. The summed E-state index contributed by atoms with van der Waals surface area (Å²) in [5.41, 5.74) is 0.0881. The van der Waals surface area contributed by atoms with Gasteiger partial charge in [-0.3, -0.25) is 20.2 Å². The van der Waals surface area contributed by atoms with E-state index in [1.165, 1.54) is 24.3 Å². The zero-order chi connectivity index (χ0) is 14.4. The number of nitro groups is 1. The summed E-state index contributed by atoms with van der Waals surface area (Å²) in [6, 6.07) is 5.53. The Morgan fingerprint density at radius 1 is 1.42 bits per heavy atom. The lowest BCUT2D eigenvalue weighted by molar-refractivity contribution is -0.384. The molecule has 0 fully saturated rings. The Morgan fingerprint density at radius 3 is 2.58 bits per heavy atom. The maximum absolute atomic E-state index is 11.9. The normalized spacial score (nSPS) is 9.79. The van der Waals surface area contributed by atoms with E-state index in [0.717, 1.165) is 0 Å². The van der Waals surface area contributed by atoms with E-state index >= 15 is 0 Å². The van der Waals surface area contributed by atoms with Crippen LogP contribution >= 0.6 is 12.2 Å². The smallest absolute Gasteiger partial charge is 0.270 e. The highest BCUT2D eigenvalue weighted by Crippen LogP contribution is 2.12. The molecule has 0 saturated carbocycles. The van der Waals surface area contributed by atoms with Gasteiger partial charge in [-0.05, 0) is 32.1 Å². The first-order valence-electron chi connectivity index (χ1n) is 5.84. The lowest BCUT2D eigenvalue weighted by Crippen LogP contribution is -2.42. The van der Waals surface area contributed by atoms with Crippen LogP contribution in [0.3, 0.4) is 0 Å². The van der Waals surface area contributed by atoms with Gasteiger partial charge in [0, 0.05) is 30.8 Å². The first-order valence-corrected chi connectivity index (χ1v) is 6.25. The zero-order valence-corrected chi connectivity index (χ0v) is 11.6. The number of hydrogen-bond donors (Lipinski definition) is 1. The Bertz CT molecular complexity index is 501. The number of amides is 1. The van der Waals surface area contributed by atoms with Crippen molar-refractivity contribution in [1.29, 1.82) is 0 Å². The van der Waals surface area contributed by atoms with Crippen LogP contribution in [0.2, 0.25) is 0 Å². The molecule has 0 radical (unpaired) electrons. The lowest BCUT2D eigenvalue weighted by atomic mass is 10.2. The third-order valence-electron chi connectivity index (χ3n) is 2.59. The Balaban J connectivity index is 2.81. The number of carbonyl (C=O) groups is 1. The Labute approximate surface area is 116 Å². The summed E-state index contributed by atoms with van der Waals surface area (Å²) >= 11 is 5.09. The molecule has 0 aliphatic carbocycles. The molecular weight excluding hydrogens is 266 g/mol. The second kappa shape index (κ2) is 6.79. The van der Waals surface area contributed by atoms with Crippen LogP contribution in [0.4, 0.5) is 5.69 Å². The summed E-state index contributed by atoms with van der Waals surface area (Å²) in [5, 5.41) is 13.5. The Morgan fingerprint density at radius 2 is 2.05 bits per heavy atom. The van der Waals surface area contributed by atoms with Gasteiger partial charge in [0.15, 0.2) is 5.11 Å². The van der Waals surface area contributed by atoms with Crippen LogP contribution in [0, 0.1) is 10.1 Å². The van der Waals surface area contributed by atoms with Gasteiger partial charge < -0.3 is 4.90 Å². The summed E-state index contributed by atoms with van der Waals surface area (Å²) in [6.07, 6.45) is 0. The van der Waals surface area contributed by atoms with E-state index < -0.39 is 10.8 Å². The Hall–Kier alpha value is -2.02. The molecule has 0 heterocycles. The molecule has 0 aliphatic rings. The molecule has 1 aromatic rings. The number of hydrogen-bond acceptors (Lipinski definition) is 4. The standard InChI is InChI=1S/C12H15N3O3S/c1-3-14(4-2)12(19)13-11(16)9-6-5-7-10(8-9)15(17)18/h5-8H,3-4H2,1-2H3,(H,13,16,19). The van der Waals surface area contributed by atoms with Crippen molar-refractivity contribution in [3.63, 3.8) is 0 Å². The maximum atomic E-state index is 11.9. The van der Waals surface area contributed by atoms with Crippen molar-refractivity contribution in [3.05, 3.63) is 39.9 Å². The molecule has 0 spiro atoms. The minimum Gasteiger partial charge on any atom is -0.350 e. The van der Waals surface area contributed by atoms with Gasteiger partial charge >= 0.3 is 0 Å². The van der Waals surface area contributed by atoms with Gasteiger partial charge in [0.25, 0.3) is 11.6 Å². The van der Waals surface area contributed by atoms with E-state index in [4.69, 9.17) is 12.2 Å². The summed E-state index contributed by atoms with van der Waals surface area (Å²) in [4.78, 5) is 23.8. The average Bonchev–Trinajstić information content (AvgIpc) is 2.40. The largest absolute Gasteiger partial charge is 0.350 e. The fraction of sp³-hybridized carbons (Fsp3) is 0.333. The summed E-state index contributed by atoms with van der Waals surface area (Å²) in [5.74, 6) is -0.444. The van der Waals surface area contributed by atoms with Crippen LogP contribution in [-0.2, 0) is 0 Å². The third kappa shape index (κ3) is 3.99. The minimum absolute atomic E-state index is 0.124. The first-order chi connectivity index (χ1) is 8.99. The molecule has 0 saturated heterocycles. The van der Waals surface area contributed by atoms with Crippen LogP contribution in [0.25, 0.3) is 0 Å². The van der Waals surface area contributed by atoms with E-state index in [0.29, 0.717) is 18.2 Å². The molecular formula is C12H15N3O3S. The van der Waals surface area contributed by atoms with Gasteiger partial charge in [-0.2, -0.15) is 0 Å². The van der Waals surface area contributed by atoms with Gasteiger partial charge in [0.2, 0.25) is 0 Å². The van der Waals surface area contributed by atoms with Crippen molar-refractivity contribution in [3.8, 4) is 0 Å². The topological polar surface area (TPSA) is 75.5 Å². The third-order valence-corrected chi connectivity index (χ3v) is 2.95. The average molecular weight is 281 g/mol. The van der Waals surface area contributed by atoms with Crippen molar-refractivity contribution < 1.29 is 9.72 Å². The van der Waals surface area contributed by atoms with Crippen molar-refractivity contribution >= 4 is 28.9 Å². The highest BCUT2D eigenvalue weighted by atomic mass is 32.1. The molecule has 6 nitrogen and oxygen atoms in total. The zero-order valence-electron chi connectivity index (χ0n) is 10.8. The van der Waals surface area contributed by atoms with Crippen LogP contribution < -0.4 is 5.32 Å². The fourth-order valence-electron chi connectivity index (χ4n) is 1.52. The summed E-state index contributed by atoms with van der Waals surface area (Å²) in [6.45, 7) is 5.22. The van der Waals surface area contributed by atoms with Crippen LogP contribution in [0.5, 0.6) is 0 Å². The lowest BCUT2D eigenvalue weighted by Gasteiger charge is -2.21. The number of non-ortho nitro benzene ring substituents is 1. The quantitative estimate of drug-likeness (QED) is 0.518. The predicted molar refractivity (Wildman–Crippen MR) is 76.1 cm³/mol. The predicted octanol–water partition coefficient (Wildman–Crippen LogP) is 1.95. The van der Waals surface area contributed by atoms with E-state index in [-0.39, 0.29) is 11.3 Å². The number of carbonyl (C=O) groups excluding carboxylic acids is 1. The monoisotopic (exact) mass is 281 g/mol. The van der Waals surface area contributed by atoms with Crippen molar-refractivity contribution in [2.45, 2.75) is 13.8 Å². The molecule has 7 heteroatoms. The van der Waals surface area contributed by atoms with E-state index in [2.05, 4.69) is 5.32 Å². The molecule has 0 bridgehead atoms. The molecule has 1 rings (SSSR count). The van der Waals surface area contributed by atoms with Crippen molar-refractivity contribution in [1.82, 2.24) is 10.2 Å². The molecule has 102 valence electrons. The summed E-state index contributed by atoms with van der Waals surface area (Å²) in [7, 11) is 0. The highest BCUT2D eigenvalue weighted by molar-refractivity contribution is 7.80. The number of nitrogens with one attached hydrogen (secondary N) is 1. The molecule has 1 aromatic carbocycles. The van der Waals surface area contributed by atoms with E-state index in [1.54, 1.807) is 0 Å². The highest BCUT2D eigenvalue weighted by Gasteiger charge is 2.14. The molecule has 0 unspecified atom stereocenters. The summed E-state index contributed by atoms with van der Waals surface area (Å²) < 4.78 is 0. The van der Waals surface area contributed by atoms with E-state index in [9.17, 15) is 14.9 Å². The fourth-order valence-corrected chi connectivity index (χ4v) is 1.87. The van der Waals surface area contributed by atoms with Gasteiger partial charge in [0.05, 0.1) is 4.92 Å². The Kier molecular flexibility index (Phi) is 5.37. The maximum Gasteiger partial charge on any atom is 0.270 e. The van der Waals surface area contributed by atoms with Crippen LogP contribution in [-0.4, -0.2) is 33.9 Å². The number of thiocarbonyl (C=S) groups is 1. The van der Waals surface area contributed by atoms with Gasteiger partial charge in [-0.1, -0.05) is 6.07 Å². The SMILES string of the molecule is CCN(CC)C(=S)NC(=O)c1cccc([N+](=O)[O-])c1. The molecule has 1 N–H and O–H groups in total. The molecule has 1 amide bonds. The second-order valence-electron chi connectivity index (χ2n) is 3.74. The number of nitro benzene ring substituents is 1. The minimum atomic E-state index is -0.542. The van der Waals surface area contributed by atoms with Crippen LogP contribution in [0.15, 0.2) is 24.3 Å². The molecule has 19 heavy (non-hydrogen) atoms. The number of benzene rings is 1. The van der Waals surface area contributed by atoms with Crippen LogP contribution in [0.1, 0.15) is 24.2 Å². The van der Waals surface area contributed by atoms with Gasteiger partial charge in [-0.15, -0.1) is 0 Å². The molecule has 0 atom stereocenters. The molecule has 0 aliphatic heterocycles. The number of nitrogens with zero attached hydrogens (tertiary/aromatic N) is 2. The van der Waals surface area contributed by atoms with Gasteiger partial charge in [-0.25, -0.2) is 0 Å². The van der Waals surface area contributed by atoms with Gasteiger partial charge in [0.1, 0.15) is 0 Å². The molecule has 0 aromatic heterocycles. The first kappa shape index (κ1) is 15.0. The van der Waals surface area contributed by atoms with Crippen molar-refractivity contribution in [2.24, 2.45) is 0 Å².